The Bertz CT molecular complexity index is 504. The minimum atomic E-state index is -0.534. The van der Waals surface area contributed by atoms with Crippen molar-refractivity contribution in [2.45, 2.75) is 0 Å². The van der Waals surface area contributed by atoms with E-state index in [4.69, 9.17) is 5.73 Å². The van der Waals surface area contributed by atoms with Gasteiger partial charge in [0.15, 0.2) is 0 Å². The summed E-state index contributed by atoms with van der Waals surface area (Å²) in [6.45, 7) is 0. The van der Waals surface area contributed by atoms with E-state index in [2.05, 4.69) is 10.1 Å². The van der Waals surface area contributed by atoms with Crippen LogP contribution in [0.2, 0.25) is 0 Å². The number of hydrogen-bond acceptors (Lipinski definition) is 3. The Morgan fingerprint density at radius 3 is 2.73 bits per heavy atom. The third-order valence-corrected chi connectivity index (χ3v) is 1.98. The van der Waals surface area contributed by atoms with Crippen LogP contribution >= 0.6 is 0 Å². The highest BCUT2D eigenvalue weighted by Gasteiger charge is 2.06. The Morgan fingerprint density at radius 2 is 2.13 bits per heavy atom. The van der Waals surface area contributed by atoms with E-state index in [1.165, 1.54) is 0 Å². The van der Waals surface area contributed by atoms with Gasteiger partial charge in [-0.3, -0.25) is 9.48 Å². The molecular weight excluding hydrogens is 192 g/mol. The quantitative estimate of drug-likeness (QED) is 0.774. The van der Waals surface area contributed by atoms with Crippen LogP contribution in [0.1, 0.15) is 10.5 Å². The van der Waals surface area contributed by atoms with Crippen molar-refractivity contribution < 1.29 is 4.79 Å². The zero-order valence-corrected chi connectivity index (χ0v) is 8.21. The topological polar surface area (TPSA) is 73.8 Å². The molecule has 0 saturated carbocycles. The lowest BCUT2D eigenvalue weighted by atomic mass is 10.2. The molecule has 0 aliphatic rings. The Kier molecular flexibility index (Phi) is 2.21. The van der Waals surface area contributed by atoms with E-state index < -0.39 is 5.91 Å². The van der Waals surface area contributed by atoms with E-state index in [1.54, 1.807) is 22.9 Å². The zero-order valence-electron chi connectivity index (χ0n) is 8.21. The predicted octanol–water partition coefficient (Wildman–Crippen LogP) is 0.581. The number of nitrogens with zero attached hydrogens (tertiary/aromatic N) is 3. The van der Waals surface area contributed by atoms with Gasteiger partial charge in [-0.2, -0.15) is 5.10 Å². The van der Waals surface area contributed by atoms with Crippen LogP contribution in [-0.4, -0.2) is 20.7 Å². The van der Waals surface area contributed by atoms with E-state index in [1.807, 2.05) is 19.3 Å². The summed E-state index contributed by atoms with van der Waals surface area (Å²) < 4.78 is 1.67. The third kappa shape index (κ3) is 1.85. The Morgan fingerprint density at radius 1 is 1.33 bits per heavy atom. The molecule has 5 nitrogen and oxygen atoms in total. The Labute approximate surface area is 86.5 Å². The zero-order chi connectivity index (χ0) is 10.8. The molecule has 0 bridgehead atoms. The molecule has 2 heterocycles. The summed E-state index contributed by atoms with van der Waals surface area (Å²) in [5, 5.41) is 4.18. The van der Waals surface area contributed by atoms with Gasteiger partial charge < -0.3 is 5.73 Å². The summed E-state index contributed by atoms with van der Waals surface area (Å²) in [6, 6.07) is 6.92. The molecule has 2 aromatic heterocycles. The molecule has 76 valence electrons. The molecule has 2 N–H and O–H groups in total. The van der Waals surface area contributed by atoms with Crippen LogP contribution < -0.4 is 5.73 Å². The number of aromatic nitrogens is 3. The lowest BCUT2D eigenvalue weighted by Crippen LogP contribution is -2.13. The fourth-order valence-corrected chi connectivity index (χ4v) is 1.27. The lowest BCUT2D eigenvalue weighted by Gasteiger charge is -1.98. The van der Waals surface area contributed by atoms with Crippen LogP contribution in [0.3, 0.4) is 0 Å². The van der Waals surface area contributed by atoms with Crippen molar-refractivity contribution in [3.63, 3.8) is 0 Å². The van der Waals surface area contributed by atoms with Crippen molar-refractivity contribution in [3.05, 3.63) is 36.2 Å². The maximum absolute atomic E-state index is 10.9. The number of aryl methyl sites for hydroxylation is 1. The highest BCUT2D eigenvalue weighted by Crippen LogP contribution is 2.13. The summed E-state index contributed by atoms with van der Waals surface area (Å²) >= 11 is 0. The summed E-state index contributed by atoms with van der Waals surface area (Å²) in [5.74, 6) is -0.534. The van der Waals surface area contributed by atoms with Gasteiger partial charge in [-0.15, -0.1) is 0 Å². The van der Waals surface area contributed by atoms with Crippen molar-refractivity contribution in [3.8, 4) is 11.4 Å². The number of primary amides is 1. The average Bonchev–Trinajstić information content (AvgIpc) is 2.65. The van der Waals surface area contributed by atoms with Gasteiger partial charge in [-0.05, 0) is 18.2 Å². The molecule has 0 spiro atoms. The highest BCUT2D eigenvalue weighted by molar-refractivity contribution is 5.91. The van der Waals surface area contributed by atoms with Gasteiger partial charge in [0, 0.05) is 13.2 Å². The number of rotatable bonds is 2. The minimum absolute atomic E-state index is 0.248. The predicted molar refractivity (Wildman–Crippen MR) is 55.0 cm³/mol. The van der Waals surface area contributed by atoms with E-state index in [9.17, 15) is 4.79 Å². The third-order valence-electron chi connectivity index (χ3n) is 1.98. The molecule has 0 unspecified atom stereocenters. The van der Waals surface area contributed by atoms with Crippen molar-refractivity contribution >= 4 is 5.91 Å². The molecular formula is C10H10N4O. The van der Waals surface area contributed by atoms with Crippen LogP contribution in [0.25, 0.3) is 11.4 Å². The van der Waals surface area contributed by atoms with Crippen LogP contribution in [0.5, 0.6) is 0 Å². The smallest absolute Gasteiger partial charge is 0.267 e. The lowest BCUT2D eigenvalue weighted by molar-refractivity contribution is 0.0995. The number of carbonyl (C=O) groups excluding carboxylic acids is 1. The van der Waals surface area contributed by atoms with Crippen LogP contribution in [0.4, 0.5) is 0 Å². The van der Waals surface area contributed by atoms with Gasteiger partial charge in [0.2, 0.25) is 0 Å². The number of pyridine rings is 1. The molecule has 0 radical (unpaired) electrons. The second-order valence-electron chi connectivity index (χ2n) is 3.15. The maximum atomic E-state index is 10.9. The SMILES string of the molecule is Cn1ccc(-c2cccc(C(N)=O)n2)n1. The van der Waals surface area contributed by atoms with Gasteiger partial charge in [0.25, 0.3) is 5.91 Å². The van der Waals surface area contributed by atoms with E-state index in [0.29, 0.717) is 5.69 Å². The van der Waals surface area contributed by atoms with Gasteiger partial charge in [0.05, 0.1) is 5.69 Å². The maximum Gasteiger partial charge on any atom is 0.267 e. The molecule has 0 aliphatic heterocycles. The van der Waals surface area contributed by atoms with E-state index in [0.717, 1.165) is 5.69 Å². The number of amides is 1. The Balaban J connectivity index is 2.45. The first kappa shape index (κ1) is 9.39. The molecule has 0 fully saturated rings. The standard InChI is InChI=1S/C10H10N4O/c1-14-6-5-8(13-14)7-3-2-4-9(12-7)10(11)15/h2-6H,1H3,(H2,11,15). The van der Waals surface area contributed by atoms with Crippen molar-refractivity contribution in [1.82, 2.24) is 14.8 Å². The molecule has 0 aromatic carbocycles. The summed E-state index contributed by atoms with van der Waals surface area (Å²) in [7, 11) is 1.82. The monoisotopic (exact) mass is 202 g/mol. The molecule has 1 amide bonds. The minimum Gasteiger partial charge on any atom is -0.364 e. The number of carbonyl (C=O) groups is 1. The van der Waals surface area contributed by atoms with Crippen molar-refractivity contribution in [2.75, 3.05) is 0 Å². The molecule has 0 saturated heterocycles. The second kappa shape index (κ2) is 3.53. The van der Waals surface area contributed by atoms with Gasteiger partial charge in [0.1, 0.15) is 11.4 Å². The molecule has 15 heavy (non-hydrogen) atoms. The van der Waals surface area contributed by atoms with Gasteiger partial charge in [-0.1, -0.05) is 6.07 Å². The first-order valence-corrected chi connectivity index (χ1v) is 4.44. The molecule has 2 aromatic rings. The van der Waals surface area contributed by atoms with E-state index in [-0.39, 0.29) is 5.69 Å². The van der Waals surface area contributed by atoms with E-state index >= 15 is 0 Å². The normalized spacial score (nSPS) is 10.2. The molecule has 0 atom stereocenters. The molecule has 5 heteroatoms. The Hall–Kier alpha value is -2.17. The number of hydrogen-bond donors (Lipinski definition) is 1. The number of nitrogens with two attached hydrogens (primary N) is 1. The van der Waals surface area contributed by atoms with Crippen molar-refractivity contribution in [1.29, 1.82) is 0 Å². The fraction of sp³-hybridized carbons (Fsp3) is 0.100. The largest absolute Gasteiger partial charge is 0.364 e. The van der Waals surface area contributed by atoms with Gasteiger partial charge in [-0.25, -0.2) is 4.98 Å². The van der Waals surface area contributed by atoms with Crippen molar-refractivity contribution in [2.24, 2.45) is 12.8 Å². The summed E-state index contributed by atoms with van der Waals surface area (Å²) in [4.78, 5) is 15.0. The summed E-state index contributed by atoms with van der Waals surface area (Å²) in [6.07, 6.45) is 1.81. The fourth-order valence-electron chi connectivity index (χ4n) is 1.27. The molecule has 2 rings (SSSR count). The van der Waals surface area contributed by atoms with Gasteiger partial charge >= 0.3 is 0 Å². The average molecular weight is 202 g/mol. The summed E-state index contributed by atoms with van der Waals surface area (Å²) in [5.41, 5.74) is 6.76. The second-order valence-corrected chi connectivity index (χ2v) is 3.15. The van der Waals surface area contributed by atoms with Crippen LogP contribution in [0, 0.1) is 0 Å². The first-order chi connectivity index (χ1) is 7.16. The molecule has 0 aliphatic carbocycles. The first-order valence-electron chi connectivity index (χ1n) is 4.44. The van der Waals surface area contributed by atoms with Crippen LogP contribution in [-0.2, 0) is 7.05 Å². The van der Waals surface area contributed by atoms with Crippen LogP contribution in [0.15, 0.2) is 30.5 Å². The highest BCUT2D eigenvalue weighted by atomic mass is 16.1.